The fraction of sp³-hybridized carbons (Fsp3) is 1.00. The average Bonchev–Trinajstić information content (AvgIpc) is 2.28. The van der Waals surface area contributed by atoms with E-state index < -0.39 is 0 Å². The van der Waals surface area contributed by atoms with E-state index in [0.29, 0.717) is 19.8 Å². The van der Waals surface area contributed by atoms with Gasteiger partial charge in [0, 0.05) is 18.6 Å². The molecular weight excluding hydrogens is 192 g/mol. The highest BCUT2D eigenvalue weighted by atomic mass is 16.5. The Labute approximate surface area is 93.4 Å². The van der Waals surface area contributed by atoms with Crippen LogP contribution in [0.2, 0.25) is 0 Å². The lowest BCUT2D eigenvalue weighted by molar-refractivity contribution is 0.0410. The fourth-order valence-electron chi connectivity index (χ4n) is 1.65. The second-order valence-electron chi connectivity index (χ2n) is 3.97. The molecule has 0 fully saturated rings. The Morgan fingerprint density at radius 3 is 2.40 bits per heavy atom. The maximum atomic E-state index is 8.58. The van der Waals surface area contributed by atoms with Crippen molar-refractivity contribution in [1.82, 2.24) is 4.90 Å². The van der Waals surface area contributed by atoms with Crippen molar-refractivity contribution in [2.45, 2.75) is 32.7 Å². The van der Waals surface area contributed by atoms with Gasteiger partial charge in [-0.25, -0.2) is 0 Å². The van der Waals surface area contributed by atoms with Crippen molar-refractivity contribution >= 4 is 0 Å². The summed E-state index contributed by atoms with van der Waals surface area (Å²) in [5, 5.41) is 8.58. The van der Waals surface area contributed by atoms with Gasteiger partial charge in [-0.2, -0.15) is 0 Å². The molecule has 0 saturated heterocycles. The van der Waals surface area contributed by atoms with Crippen molar-refractivity contribution in [2.75, 3.05) is 39.5 Å². The number of ether oxygens (including phenoxy) is 1. The average molecular weight is 218 g/mol. The molecule has 15 heavy (non-hydrogen) atoms. The van der Waals surface area contributed by atoms with Gasteiger partial charge in [-0.1, -0.05) is 13.8 Å². The maximum absolute atomic E-state index is 8.58. The summed E-state index contributed by atoms with van der Waals surface area (Å²) < 4.78 is 5.27. The topological polar surface area (TPSA) is 58.7 Å². The van der Waals surface area contributed by atoms with Gasteiger partial charge in [-0.15, -0.1) is 0 Å². The highest BCUT2D eigenvalue weighted by Crippen LogP contribution is 2.17. The first-order valence-corrected chi connectivity index (χ1v) is 5.78. The third kappa shape index (κ3) is 4.93. The van der Waals surface area contributed by atoms with Crippen LogP contribution in [0, 0.1) is 0 Å². The molecule has 0 amide bonds. The minimum absolute atomic E-state index is 0.0668. The number of rotatable bonds is 9. The van der Waals surface area contributed by atoms with Gasteiger partial charge in [0.2, 0.25) is 0 Å². The molecule has 3 N–H and O–H groups in total. The Morgan fingerprint density at radius 2 is 2.00 bits per heavy atom. The molecule has 4 nitrogen and oxygen atoms in total. The molecule has 0 rings (SSSR count). The lowest BCUT2D eigenvalue weighted by Crippen LogP contribution is -2.52. The summed E-state index contributed by atoms with van der Waals surface area (Å²) in [5.74, 6) is 0. The summed E-state index contributed by atoms with van der Waals surface area (Å²) in [6.45, 7) is 10.2. The van der Waals surface area contributed by atoms with Crippen LogP contribution >= 0.6 is 0 Å². The molecule has 0 heterocycles. The van der Waals surface area contributed by atoms with E-state index in [-0.39, 0.29) is 12.1 Å². The molecule has 0 aliphatic rings. The van der Waals surface area contributed by atoms with Crippen LogP contribution in [0.3, 0.4) is 0 Å². The molecule has 0 radical (unpaired) electrons. The summed E-state index contributed by atoms with van der Waals surface area (Å²) in [7, 11) is 0. The van der Waals surface area contributed by atoms with Crippen LogP contribution in [0.4, 0.5) is 0 Å². The van der Waals surface area contributed by atoms with Gasteiger partial charge in [0.1, 0.15) is 0 Å². The monoisotopic (exact) mass is 218 g/mol. The summed E-state index contributed by atoms with van der Waals surface area (Å²) >= 11 is 0. The molecule has 0 aromatic carbocycles. The Kier molecular flexibility index (Phi) is 7.96. The van der Waals surface area contributed by atoms with E-state index in [0.717, 1.165) is 19.5 Å². The van der Waals surface area contributed by atoms with Gasteiger partial charge < -0.3 is 15.6 Å². The van der Waals surface area contributed by atoms with Crippen molar-refractivity contribution in [3.05, 3.63) is 0 Å². The lowest BCUT2D eigenvalue weighted by Gasteiger charge is -2.39. The summed E-state index contributed by atoms with van der Waals surface area (Å²) in [6.07, 6.45) is 1.04. The molecule has 0 spiro atoms. The molecule has 0 aliphatic heterocycles. The van der Waals surface area contributed by atoms with Crippen molar-refractivity contribution < 1.29 is 9.84 Å². The number of likely N-dealkylation sites (N-methyl/N-ethyl adjacent to an activating group) is 1. The first-order chi connectivity index (χ1) is 7.14. The molecule has 4 heteroatoms. The molecule has 0 bridgehead atoms. The zero-order chi connectivity index (χ0) is 11.7. The van der Waals surface area contributed by atoms with Gasteiger partial charge >= 0.3 is 0 Å². The SMILES string of the molecule is CCN(CCOCCO)C(C)(CC)CN. The number of nitrogens with zero attached hydrogens (tertiary/aromatic N) is 1. The normalized spacial score (nSPS) is 15.6. The van der Waals surface area contributed by atoms with Crippen LogP contribution in [-0.2, 0) is 4.74 Å². The number of aliphatic hydroxyl groups is 1. The van der Waals surface area contributed by atoms with Crippen molar-refractivity contribution in [2.24, 2.45) is 5.73 Å². The van der Waals surface area contributed by atoms with E-state index in [1.165, 1.54) is 0 Å². The van der Waals surface area contributed by atoms with E-state index in [4.69, 9.17) is 15.6 Å². The van der Waals surface area contributed by atoms with Gasteiger partial charge in [-0.3, -0.25) is 4.90 Å². The van der Waals surface area contributed by atoms with Crippen molar-refractivity contribution in [3.63, 3.8) is 0 Å². The van der Waals surface area contributed by atoms with Crippen LogP contribution in [0.25, 0.3) is 0 Å². The second-order valence-corrected chi connectivity index (χ2v) is 3.97. The zero-order valence-corrected chi connectivity index (χ0v) is 10.3. The molecule has 1 unspecified atom stereocenters. The minimum Gasteiger partial charge on any atom is -0.394 e. The van der Waals surface area contributed by atoms with Crippen molar-refractivity contribution in [3.8, 4) is 0 Å². The van der Waals surface area contributed by atoms with Crippen LogP contribution in [-0.4, -0.2) is 55.0 Å². The molecule has 0 saturated carbocycles. The van der Waals surface area contributed by atoms with E-state index in [1.807, 2.05) is 0 Å². The zero-order valence-electron chi connectivity index (χ0n) is 10.3. The molecule has 0 aliphatic carbocycles. The molecule has 1 atom stereocenters. The van der Waals surface area contributed by atoms with Crippen LogP contribution in [0.1, 0.15) is 27.2 Å². The molecule has 92 valence electrons. The Bertz CT molecular complexity index is 150. The molecule has 0 aromatic heterocycles. The van der Waals surface area contributed by atoms with Gasteiger partial charge in [0.25, 0.3) is 0 Å². The third-order valence-electron chi connectivity index (χ3n) is 3.09. The predicted octanol–water partition coefficient (Wildman–Crippen LogP) is 0.445. The summed E-state index contributed by atoms with van der Waals surface area (Å²) in [6, 6.07) is 0. The number of hydrogen-bond acceptors (Lipinski definition) is 4. The quantitative estimate of drug-likeness (QED) is 0.552. The standard InChI is InChI=1S/C11H26N2O2/c1-4-11(3,10-12)13(5-2)6-8-15-9-7-14/h14H,4-10,12H2,1-3H3. The Hall–Kier alpha value is -0.160. The van der Waals surface area contributed by atoms with Gasteiger partial charge in [-0.05, 0) is 19.9 Å². The summed E-state index contributed by atoms with van der Waals surface area (Å²) in [4.78, 5) is 2.34. The highest BCUT2D eigenvalue weighted by Gasteiger charge is 2.26. The first kappa shape index (κ1) is 14.8. The van der Waals surface area contributed by atoms with Crippen LogP contribution in [0.15, 0.2) is 0 Å². The summed E-state index contributed by atoms with van der Waals surface area (Å²) in [5.41, 5.74) is 5.87. The number of nitrogens with two attached hydrogens (primary N) is 1. The molecular formula is C11H26N2O2. The van der Waals surface area contributed by atoms with E-state index >= 15 is 0 Å². The van der Waals surface area contributed by atoms with Crippen molar-refractivity contribution in [1.29, 1.82) is 0 Å². The van der Waals surface area contributed by atoms with Gasteiger partial charge in [0.05, 0.1) is 19.8 Å². The van der Waals surface area contributed by atoms with Crippen LogP contribution < -0.4 is 5.73 Å². The van der Waals surface area contributed by atoms with E-state index in [9.17, 15) is 0 Å². The lowest BCUT2D eigenvalue weighted by atomic mass is 9.96. The minimum atomic E-state index is 0.0668. The number of hydrogen-bond donors (Lipinski definition) is 2. The number of aliphatic hydroxyl groups excluding tert-OH is 1. The van der Waals surface area contributed by atoms with Crippen LogP contribution in [0.5, 0.6) is 0 Å². The fourth-order valence-corrected chi connectivity index (χ4v) is 1.65. The second kappa shape index (κ2) is 8.05. The largest absolute Gasteiger partial charge is 0.394 e. The Morgan fingerprint density at radius 1 is 1.33 bits per heavy atom. The van der Waals surface area contributed by atoms with E-state index in [1.54, 1.807) is 0 Å². The predicted molar refractivity (Wildman–Crippen MR) is 62.9 cm³/mol. The highest BCUT2D eigenvalue weighted by molar-refractivity contribution is 4.85. The third-order valence-corrected chi connectivity index (χ3v) is 3.09. The maximum Gasteiger partial charge on any atom is 0.0698 e. The molecule has 0 aromatic rings. The Balaban J connectivity index is 3.99. The first-order valence-electron chi connectivity index (χ1n) is 5.78. The smallest absolute Gasteiger partial charge is 0.0698 e. The van der Waals surface area contributed by atoms with E-state index in [2.05, 4.69) is 25.7 Å². The van der Waals surface area contributed by atoms with Gasteiger partial charge in [0.15, 0.2) is 0 Å².